The fraction of sp³-hybridized carbons (Fsp3) is 0.429. The lowest BCUT2D eigenvalue weighted by Gasteiger charge is -2.45. The van der Waals surface area contributed by atoms with E-state index in [-0.39, 0.29) is 28.6 Å². The minimum atomic E-state index is -4.89. The molecule has 6 nitrogen and oxygen atoms in total. The zero-order chi connectivity index (χ0) is 27.0. The Morgan fingerprint density at radius 3 is 2.41 bits per heavy atom. The molecular weight excluding hydrogens is 487 g/mol. The molecule has 0 bridgehead atoms. The standard InChI is InChI=1S/C28H30F3NO5/c1-26(2,3)37-25(34)19-11-8-14-27(23(19)17-9-6-5-7-10-17)24(33)21(16-32-27)20-15-18(36-28(29,30)31)12-13-22(20)35-4/h5-7,9-10,12-13,15-16,19,23,32H,8,11,14H2,1-4H3. The van der Waals surface area contributed by atoms with Gasteiger partial charge in [0.05, 0.1) is 13.0 Å². The van der Waals surface area contributed by atoms with Gasteiger partial charge < -0.3 is 19.5 Å². The van der Waals surface area contributed by atoms with Gasteiger partial charge in [0.2, 0.25) is 0 Å². The van der Waals surface area contributed by atoms with Crippen molar-refractivity contribution in [3.63, 3.8) is 0 Å². The second-order valence-corrected chi connectivity index (χ2v) is 10.3. The maximum absolute atomic E-state index is 14.2. The van der Waals surface area contributed by atoms with Gasteiger partial charge in [-0.05, 0) is 63.8 Å². The lowest BCUT2D eigenvalue weighted by molar-refractivity contribution is -0.274. The molecule has 0 amide bonds. The largest absolute Gasteiger partial charge is 0.573 e. The van der Waals surface area contributed by atoms with Crippen LogP contribution >= 0.6 is 0 Å². The summed E-state index contributed by atoms with van der Waals surface area (Å²) >= 11 is 0. The molecule has 1 saturated carbocycles. The molecule has 1 N–H and O–H groups in total. The number of carbonyl (C=O) groups excluding carboxylic acids is 2. The number of ether oxygens (including phenoxy) is 3. The smallest absolute Gasteiger partial charge is 0.496 e. The molecule has 1 aliphatic carbocycles. The molecule has 3 unspecified atom stereocenters. The summed E-state index contributed by atoms with van der Waals surface area (Å²) in [5, 5.41) is 3.25. The van der Waals surface area contributed by atoms with Crippen molar-refractivity contribution in [2.75, 3.05) is 7.11 Å². The highest BCUT2D eigenvalue weighted by Gasteiger charge is 2.56. The molecular formula is C28H30F3NO5. The number of rotatable bonds is 5. The first-order valence-corrected chi connectivity index (χ1v) is 12.1. The van der Waals surface area contributed by atoms with E-state index in [0.717, 1.165) is 17.7 Å². The van der Waals surface area contributed by atoms with Crippen molar-refractivity contribution < 1.29 is 37.0 Å². The third kappa shape index (κ3) is 5.45. The molecule has 4 rings (SSSR count). The van der Waals surface area contributed by atoms with Gasteiger partial charge in [-0.15, -0.1) is 13.2 Å². The molecule has 0 radical (unpaired) electrons. The zero-order valence-corrected chi connectivity index (χ0v) is 21.1. The average Bonchev–Trinajstić information content (AvgIpc) is 3.13. The molecule has 0 saturated heterocycles. The van der Waals surface area contributed by atoms with Crippen LogP contribution in [0.3, 0.4) is 0 Å². The minimum absolute atomic E-state index is 0.162. The summed E-state index contributed by atoms with van der Waals surface area (Å²) in [6.45, 7) is 5.38. The van der Waals surface area contributed by atoms with Crippen molar-refractivity contribution in [2.45, 2.75) is 63.5 Å². The van der Waals surface area contributed by atoms with E-state index in [1.54, 1.807) is 20.8 Å². The second-order valence-electron chi connectivity index (χ2n) is 10.3. The molecule has 9 heteroatoms. The molecule has 2 aliphatic rings. The van der Waals surface area contributed by atoms with E-state index in [2.05, 4.69) is 10.1 Å². The Balaban J connectivity index is 1.76. The Bertz CT molecular complexity index is 1200. The second kappa shape index (κ2) is 9.76. The number of hydrogen-bond donors (Lipinski definition) is 1. The predicted molar refractivity (Wildman–Crippen MR) is 131 cm³/mol. The maximum atomic E-state index is 14.2. The topological polar surface area (TPSA) is 73.9 Å². The van der Waals surface area contributed by atoms with Crippen molar-refractivity contribution in [1.82, 2.24) is 5.32 Å². The van der Waals surface area contributed by atoms with Crippen molar-refractivity contribution in [2.24, 2.45) is 5.92 Å². The Morgan fingerprint density at radius 2 is 1.78 bits per heavy atom. The van der Waals surface area contributed by atoms with Crippen molar-refractivity contribution in [3.8, 4) is 11.5 Å². The Kier molecular flexibility index (Phi) is 7.01. The number of carbonyl (C=O) groups is 2. The summed E-state index contributed by atoms with van der Waals surface area (Å²) in [5.41, 5.74) is -0.747. The van der Waals surface area contributed by atoms with E-state index in [9.17, 15) is 22.8 Å². The van der Waals surface area contributed by atoms with Crippen LogP contribution in [0.4, 0.5) is 13.2 Å². The van der Waals surface area contributed by atoms with Gasteiger partial charge in [-0.2, -0.15) is 0 Å². The molecule has 2 aromatic rings. The summed E-state index contributed by atoms with van der Waals surface area (Å²) < 4.78 is 53.8. The number of Topliss-reactive ketones (excluding diaryl/α,β-unsaturated/α-hetero) is 1. The number of esters is 1. The summed E-state index contributed by atoms with van der Waals surface area (Å²) in [6, 6.07) is 12.9. The first-order valence-electron chi connectivity index (χ1n) is 12.1. The highest BCUT2D eigenvalue weighted by Crippen LogP contribution is 2.50. The van der Waals surface area contributed by atoms with E-state index in [1.807, 2.05) is 30.3 Å². The lowest BCUT2D eigenvalue weighted by Crippen LogP contribution is -2.57. The van der Waals surface area contributed by atoms with Crippen LogP contribution in [0.1, 0.15) is 57.1 Å². The maximum Gasteiger partial charge on any atom is 0.573 e. The number of methoxy groups -OCH3 is 1. The monoisotopic (exact) mass is 517 g/mol. The van der Waals surface area contributed by atoms with Gasteiger partial charge in [0.25, 0.3) is 0 Å². The zero-order valence-electron chi connectivity index (χ0n) is 21.1. The Labute approximate surface area is 213 Å². The van der Waals surface area contributed by atoms with E-state index in [0.29, 0.717) is 19.3 Å². The molecule has 2 aromatic carbocycles. The first kappa shape index (κ1) is 26.6. The number of ketones is 1. The molecule has 1 heterocycles. The number of benzene rings is 2. The van der Waals surface area contributed by atoms with Crippen LogP contribution in [0.5, 0.6) is 11.5 Å². The van der Waals surface area contributed by atoms with E-state index >= 15 is 0 Å². The van der Waals surface area contributed by atoms with Gasteiger partial charge in [0.15, 0.2) is 5.78 Å². The number of halogens is 3. The molecule has 1 spiro atoms. The van der Waals surface area contributed by atoms with Crippen molar-refractivity contribution in [1.29, 1.82) is 0 Å². The van der Waals surface area contributed by atoms with Gasteiger partial charge in [-0.3, -0.25) is 9.59 Å². The lowest BCUT2D eigenvalue weighted by atomic mass is 9.62. The normalized spacial score (nSPS) is 23.9. The number of hydrogen-bond acceptors (Lipinski definition) is 6. The highest BCUT2D eigenvalue weighted by atomic mass is 19.4. The van der Waals surface area contributed by atoms with Gasteiger partial charge in [-0.25, -0.2) is 0 Å². The van der Waals surface area contributed by atoms with Gasteiger partial charge in [-0.1, -0.05) is 30.3 Å². The van der Waals surface area contributed by atoms with Crippen molar-refractivity contribution in [3.05, 3.63) is 65.9 Å². The first-order chi connectivity index (χ1) is 17.3. The SMILES string of the molecule is COc1ccc(OC(F)(F)F)cc1C1=CNC2(CCCC(C(=O)OC(C)(C)C)C2c2ccccc2)C1=O. The van der Waals surface area contributed by atoms with E-state index in [1.165, 1.54) is 19.4 Å². The molecule has 0 aromatic heterocycles. The van der Waals surface area contributed by atoms with Crippen LogP contribution in [0.25, 0.3) is 5.57 Å². The highest BCUT2D eigenvalue weighted by molar-refractivity contribution is 6.28. The van der Waals surface area contributed by atoms with Crippen LogP contribution in [-0.2, 0) is 14.3 Å². The predicted octanol–water partition coefficient (Wildman–Crippen LogP) is 5.77. The van der Waals surface area contributed by atoms with E-state index in [4.69, 9.17) is 9.47 Å². The summed E-state index contributed by atoms with van der Waals surface area (Å²) in [4.78, 5) is 27.5. The Hall–Kier alpha value is -3.49. The molecule has 198 valence electrons. The molecule has 1 aliphatic heterocycles. The van der Waals surface area contributed by atoms with Gasteiger partial charge in [0.1, 0.15) is 22.6 Å². The van der Waals surface area contributed by atoms with Crippen LogP contribution in [0.15, 0.2) is 54.7 Å². The summed E-state index contributed by atoms with van der Waals surface area (Å²) in [7, 11) is 1.37. The summed E-state index contributed by atoms with van der Waals surface area (Å²) in [5.74, 6) is -2.10. The average molecular weight is 518 g/mol. The van der Waals surface area contributed by atoms with E-state index < -0.39 is 35.1 Å². The van der Waals surface area contributed by atoms with Crippen LogP contribution in [-0.4, -0.2) is 36.4 Å². The van der Waals surface area contributed by atoms with Crippen LogP contribution < -0.4 is 14.8 Å². The number of nitrogens with one attached hydrogen (secondary N) is 1. The Morgan fingerprint density at radius 1 is 1.08 bits per heavy atom. The van der Waals surface area contributed by atoms with Crippen molar-refractivity contribution >= 4 is 17.3 Å². The fourth-order valence-corrected chi connectivity index (χ4v) is 5.36. The minimum Gasteiger partial charge on any atom is -0.496 e. The van der Waals surface area contributed by atoms with Gasteiger partial charge >= 0.3 is 12.3 Å². The molecule has 37 heavy (non-hydrogen) atoms. The molecule has 1 fully saturated rings. The molecule has 3 atom stereocenters. The third-order valence-electron chi connectivity index (χ3n) is 6.71. The van der Waals surface area contributed by atoms with Gasteiger partial charge in [0, 0.05) is 23.3 Å². The van der Waals surface area contributed by atoms with Crippen LogP contribution in [0, 0.1) is 5.92 Å². The fourth-order valence-electron chi connectivity index (χ4n) is 5.36. The van der Waals surface area contributed by atoms with Crippen LogP contribution in [0.2, 0.25) is 0 Å². The number of alkyl halides is 3. The third-order valence-corrected chi connectivity index (χ3v) is 6.71. The summed E-state index contributed by atoms with van der Waals surface area (Å²) in [6.07, 6.45) is -1.82. The quantitative estimate of drug-likeness (QED) is 0.508.